The molecule has 0 N–H and O–H groups in total. The monoisotopic (exact) mass is 326 g/mol. The van der Waals surface area contributed by atoms with Gasteiger partial charge < -0.3 is 0 Å². The molecular weight excluding hydrogens is 308 g/mol. The molecule has 5 rings (SSSR count). The zero-order valence-corrected chi connectivity index (χ0v) is 14.1. The van der Waals surface area contributed by atoms with E-state index in [1.165, 1.54) is 27.8 Å². The average molecular weight is 326 g/mol. The number of rotatable bonds is 2. The standard InChI is InChI=1S/C21H18N4/c1-14-7-8-15-16(9-11-23-18(15)13-14)20-19-6-4-12-25(19)24-21(20)17-5-2-3-10-22-17/h2-3,5,7-11,13H,4,6,12H2,1H3. The van der Waals surface area contributed by atoms with Crippen molar-refractivity contribution in [2.45, 2.75) is 26.3 Å². The van der Waals surface area contributed by atoms with Crippen LogP contribution in [0.3, 0.4) is 0 Å². The van der Waals surface area contributed by atoms with Gasteiger partial charge in [-0.2, -0.15) is 5.10 Å². The normalized spacial score (nSPS) is 13.3. The fraction of sp³-hybridized carbons (Fsp3) is 0.190. The van der Waals surface area contributed by atoms with Crippen LogP contribution < -0.4 is 0 Å². The Balaban J connectivity index is 1.83. The van der Waals surface area contributed by atoms with E-state index in [-0.39, 0.29) is 0 Å². The summed E-state index contributed by atoms with van der Waals surface area (Å²) in [6.45, 7) is 3.09. The molecule has 1 aliphatic heterocycles. The molecule has 3 aromatic heterocycles. The van der Waals surface area contributed by atoms with E-state index in [0.29, 0.717) is 0 Å². The number of aryl methyl sites for hydroxylation is 2. The summed E-state index contributed by atoms with van der Waals surface area (Å²) in [5.74, 6) is 0. The summed E-state index contributed by atoms with van der Waals surface area (Å²) in [4.78, 5) is 9.12. The highest BCUT2D eigenvalue weighted by Gasteiger charge is 2.25. The predicted octanol–water partition coefficient (Wildman–Crippen LogP) is 4.41. The second-order valence-electron chi connectivity index (χ2n) is 6.59. The molecule has 0 amide bonds. The molecule has 0 unspecified atom stereocenters. The minimum atomic E-state index is 0.927. The molecule has 4 aromatic rings. The summed E-state index contributed by atoms with van der Waals surface area (Å²) in [5.41, 5.74) is 7.89. The van der Waals surface area contributed by atoms with E-state index in [1.807, 2.05) is 30.6 Å². The maximum absolute atomic E-state index is 4.90. The van der Waals surface area contributed by atoms with Gasteiger partial charge in [-0.25, -0.2) is 0 Å². The molecular formula is C21H18N4. The number of benzene rings is 1. The van der Waals surface area contributed by atoms with Crippen LogP contribution in [0.25, 0.3) is 33.4 Å². The largest absolute Gasteiger partial charge is 0.268 e. The fourth-order valence-corrected chi connectivity index (χ4v) is 3.77. The van der Waals surface area contributed by atoms with Crippen LogP contribution in [0.4, 0.5) is 0 Å². The first-order valence-electron chi connectivity index (χ1n) is 8.68. The van der Waals surface area contributed by atoms with Gasteiger partial charge in [0.05, 0.1) is 11.2 Å². The van der Waals surface area contributed by atoms with E-state index in [1.54, 1.807) is 0 Å². The van der Waals surface area contributed by atoms with E-state index < -0.39 is 0 Å². The van der Waals surface area contributed by atoms with Crippen LogP contribution in [0, 0.1) is 6.92 Å². The second kappa shape index (κ2) is 5.52. The van der Waals surface area contributed by atoms with Crippen molar-refractivity contribution in [3.63, 3.8) is 0 Å². The van der Waals surface area contributed by atoms with Gasteiger partial charge in [0.25, 0.3) is 0 Å². The molecule has 4 nitrogen and oxygen atoms in total. The first-order valence-corrected chi connectivity index (χ1v) is 8.68. The van der Waals surface area contributed by atoms with Gasteiger partial charge in [0, 0.05) is 35.6 Å². The van der Waals surface area contributed by atoms with Crippen molar-refractivity contribution in [2.75, 3.05) is 0 Å². The summed E-state index contributed by atoms with van der Waals surface area (Å²) < 4.78 is 2.15. The van der Waals surface area contributed by atoms with Crippen molar-refractivity contribution in [1.29, 1.82) is 0 Å². The number of aromatic nitrogens is 4. The van der Waals surface area contributed by atoms with Gasteiger partial charge in [-0.05, 0) is 55.2 Å². The number of hydrogen-bond donors (Lipinski definition) is 0. The van der Waals surface area contributed by atoms with Gasteiger partial charge in [-0.3, -0.25) is 14.6 Å². The summed E-state index contributed by atoms with van der Waals surface area (Å²) in [7, 11) is 0. The lowest BCUT2D eigenvalue weighted by Crippen LogP contribution is -1.94. The number of nitrogens with zero attached hydrogens (tertiary/aromatic N) is 4. The lowest BCUT2D eigenvalue weighted by Gasteiger charge is -2.09. The highest BCUT2D eigenvalue weighted by Crippen LogP contribution is 2.39. The van der Waals surface area contributed by atoms with E-state index in [4.69, 9.17) is 5.10 Å². The minimum absolute atomic E-state index is 0.927. The molecule has 25 heavy (non-hydrogen) atoms. The maximum atomic E-state index is 4.90. The zero-order valence-electron chi connectivity index (χ0n) is 14.1. The first-order chi connectivity index (χ1) is 12.3. The summed E-state index contributed by atoms with van der Waals surface area (Å²) in [6, 6.07) is 14.6. The predicted molar refractivity (Wildman–Crippen MR) is 99.3 cm³/mol. The summed E-state index contributed by atoms with van der Waals surface area (Å²) in [6.07, 6.45) is 5.95. The molecule has 0 fully saturated rings. The van der Waals surface area contributed by atoms with E-state index in [9.17, 15) is 0 Å². The smallest absolute Gasteiger partial charge is 0.119 e. The van der Waals surface area contributed by atoms with Crippen LogP contribution in [0.1, 0.15) is 17.7 Å². The zero-order chi connectivity index (χ0) is 16.8. The van der Waals surface area contributed by atoms with Crippen molar-refractivity contribution in [1.82, 2.24) is 19.7 Å². The molecule has 4 heterocycles. The molecule has 0 spiro atoms. The van der Waals surface area contributed by atoms with Crippen molar-refractivity contribution in [3.05, 3.63) is 66.1 Å². The Hall–Kier alpha value is -3.01. The molecule has 1 aliphatic rings. The van der Waals surface area contributed by atoms with E-state index >= 15 is 0 Å². The van der Waals surface area contributed by atoms with E-state index in [0.717, 1.165) is 36.3 Å². The molecule has 0 atom stereocenters. The fourth-order valence-electron chi connectivity index (χ4n) is 3.77. The Morgan fingerprint density at radius 2 is 1.96 bits per heavy atom. The van der Waals surface area contributed by atoms with Crippen molar-refractivity contribution in [3.8, 4) is 22.5 Å². The molecule has 0 saturated heterocycles. The lowest BCUT2D eigenvalue weighted by atomic mass is 9.96. The van der Waals surface area contributed by atoms with E-state index in [2.05, 4.69) is 45.8 Å². The Morgan fingerprint density at radius 1 is 1.00 bits per heavy atom. The van der Waals surface area contributed by atoms with Gasteiger partial charge in [-0.15, -0.1) is 0 Å². The van der Waals surface area contributed by atoms with Crippen LogP contribution >= 0.6 is 0 Å². The molecule has 4 heteroatoms. The number of hydrogen-bond acceptors (Lipinski definition) is 3. The molecule has 0 bridgehead atoms. The Kier molecular flexibility index (Phi) is 3.17. The highest BCUT2D eigenvalue weighted by molar-refractivity contribution is 5.98. The quantitative estimate of drug-likeness (QED) is 0.548. The van der Waals surface area contributed by atoms with Gasteiger partial charge in [0.15, 0.2) is 0 Å². The van der Waals surface area contributed by atoms with Crippen LogP contribution in [0.15, 0.2) is 54.9 Å². The Bertz CT molecular complexity index is 1080. The summed E-state index contributed by atoms with van der Waals surface area (Å²) in [5, 5.41) is 6.07. The van der Waals surface area contributed by atoms with Crippen molar-refractivity contribution >= 4 is 10.9 Å². The summed E-state index contributed by atoms with van der Waals surface area (Å²) >= 11 is 0. The third-order valence-corrected chi connectivity index (χ3v) is 4.92. The molecule has 0 radical (unpaired) electrons. The highest BCUT2D eigenvalue weighted by atomic mass is 15.3. The number of fused-ring (bicyclic) bond motifs is 2. The van der Waals surface area contributed by atoms with Crippen molar-refractivity contribution < 1.29 is 0 Å². The van der Waals surface area contributed by atoms with Gasteiger partial charge in [0.1, 0.15) is 5.69 Å². The number of pyridine rings is 2. The second-order valence-corrected chi connectivity index (χ2v) is 6.59. The first kappa shape index (κ1) is 14.3. The van der Waals surface area contributed by atoms with Crippen LogP contribution in [0.2, 0.25) is 0 Å². The van der Waals surface area contributed by atoms with Crippen LogP contribution in [-0.4, -0.2) is 19.7 Å². The van der Waals surface area contributed by atoms with Crippen LogP contribution in [0.5, 0.6) is 0 Å². The third kappa shape index (κ3) is 2.25. The lowest BCUT2D eigenvalue weighted by molar-refractivity contribution is 0.658. The Labute approximate surface area is 146 Å². The minimum Gasteiger partial charge on any atom is -0.268 e. The third-order valence-electron chi connectivity index (χ3n) is 4.92. The molecule has 122 valence electrons. The molecule has 1 aromatic carbocycles. The molecule has 0 saturated carbocycles. The average Bonchev–Trinajstić information content (AvgIpc) is 3.22. The SMILES string of the molecule is Cc1ccc2c(-c3c(-c4ccccn4)nn4c3CCC4)ccnc2c1. The molecule has 0 aliphatic carbocycles. The van der Waals surface area contributed by atoms with Gasteiger partial charge in [-0.1, -0.05) is 18.2 Å². The van der Waals surface area contributed by atoms with Crippen molar-refractivity contribution in [2.24, 2.45) is 0 Å². The Morgan fingerprint density at radius 3 is 2.84 bits per heavy atom. The topological polar surface area (TPSA) is 43.6 Å². The van der Waals surface area contributed by atoms with Gasteiger partial charge >= 0.3 is 0 Å². The van der Waals surface area contributed by atoms with Gasteiger partial charge in [0.2, 0.25) is 0 Å². The van der Waals surface area contributed by atoms with Crippen LogP contribution in [-0.2, 0) is 13.0 Å². The maximum Gasteiger partial charge on any atom is 0.119 e.